The topological polar surface area (TPSA) is 73.3 Å². The number of hydrogen-bond acceptors (Lipinski definition) is 6. The number of hydrogen-bond donors (Lipinski definition) is 1. The summed E-state index contributed by atoms with van der Waals surface area (Å²) in [5.41, 5.74) is 3.50. The predicted molar refractivity (Wildman–Crippen MR) is 102 cm³/mol. The molecule has 2 aromatic heterocycles. The van der Waals surface area contributed by atoms with Gasteiger partial charge in [0.1, 0.15) is 11.6 Å². The van der Waals surface area contributed by atoms with E-state index in [0.717, 1.165) is 21.8 Å². The summed E-state index contributed by atoms with van der Waals surface area (Å²) in [5, 5.41) is 5.74. The van der Waals surface area contributed by atoms with Crippen molar-refractivity contribution in [2.24, 2.45) is 0 Å². The number of methoxy groups -OCH3 is 1. The van der Waals surface area contributed by atoms with E-state index in [1.54, 1.807) is 30.8 Å². The van der Waals surface area contributed by atoms with E-state index in [1.165, 1.54) is 0 Å². The number of ether oxygens (including phenoxy) is 2. The van der Waals surface area contributed by atoms with Crippen molar-refractivity contribution in [1.82, 2.24) is 9.97 Å². The summed E-state index contributed by atoms with van der Waals surface area (Å²) in [7, 11) is 1.59. The van der Waals surface area contributed by atoms with Crippen LogP contribution >= 0.6 is 11.3 Å². The Kier molecular flexibility index (Phi) is 6.43. The van der Waals surface area contributed by atoms with Crippen LogP contribution in [0.15, 0.2) is 54.2 Å². The summed E-state index contributed by atoms with van der Waals surface area (Å²) in [6, 6.07) is 11.5. The minimum Gasteiger partial charge on any atom is -0.382 e. The van der Waals surface area contributed by atoms with E-state index in [-0.39, 0.29) is 12.5 Å². The van der Waals surface area contributed by atoms with Gasteiger partial charge in [0, 0.05) is 41.7 Å². The van der Waals surface area contributed by atoms with Gasteiger partial charge in [0.25, 0.3) is 0 Å². The zero-order valence-corrected chi connectivity index (χ0v) is 15.2. The van der Waals surface area contributed by atoms with Crippen LogP contribution in [0.4, 0.5) is 5.69 Å². The number of anilines is 1. The Morgan fingerprint density at radius 2 is 2.08 bits per heavy atom. The van der Waals surface area contributed by atoms with Crippen molar-refractivity contribution in [3.8, 4) is 21.8 Å². The van der Waals surface area contributed by atoms with Crippen LogP contribution in [0.5, 0.6) is 0 Å². The highest BCUT2D eigenvalue weighted by molar-refractivity contribution is 7.13. The molecule has 3 aromatic rings. The lowest BCUT2D eigenvalue weighted by atomic mass is 10.1. The molecule has 1 amide bonds. The van der Waals surface area contributed by atoms with Crippen LogP contribution in [0.1, 0.15) is 0 Å². The molecule has 0 aliphatic carbocycles. The number of thiazole rings is 1. The van der Waals surface area contributed by atoms with Crippen LogP contribution in [0.25, 0.3) is 21.8 Å². The van der Waals surface area contributed by atoms with Crippen LogP contribution in [0, 0.1) is 0 Å². The van der Waals surface area contributed by atoms with E-state index in [0.29, 0.717) is 18.9 Å². The van der Waals surface area contributed by atoms with Crippen molar-refractivity contribution in [2.45, 2.75) is 0 Å². The molecular formula is C19H19N3O3S. The zero-order valence-electron chi connectivity index (χ0n) is 14.3. The molecule has 1 N–H and O–H groups in total. The van der Waals surface area contributed by atoms with Gasteiger partial charge >= 0.3 is 0 Å². The molecule has 7 heteroatoms. The number of benzene rings is 1. The fraction of sp³-hybridized carbons (Fsp3) is 0.211. The van der Waals surface area contributed by atoms with E-state index >= 15 is 0 Å². The highest BCUT2D eigenvalue weighted by Crippen LogP contribution is 2.29. The van der Waals surface area contributed by atoms with Gasteiger partial charge in [0.05, 0.1) is 18.9 Å². The maximum absolute atomic E-state index is 11.9. The van der Waals surface area contributed by atoms with Crippen molar-refractivity contribution in [1.29, 1.82) is 0 Å². The Balaban J connectivity index is 1.66. The van der Waals surface area contributed by atoms with Gasteiger partial charge in [0.15, 0.2) is 0 Å². The normalized spacial score (nSPS) is 10.7. The Labute approximate surface area is 155 Å². The number of carbonyl (C=O) groups is 1. The summed E-state index contributed by atoms with van der Waals surface area (Å²) in [4.78, 5) is 20.7. The number of amides is 1. The van der Waals surface area contributed by atoms with E-state index in [2.05, 4.69) is 15.3 Å². The third-order valence-corrected chi connectivity index (χ3v) is 4.41. The number of rotatable bonds is 8. The minimum atomic E-state index is -0.201. The van der Waals surface area contributed by atoms with Gasteiger partial charge < -0.3 is 14.8 Å². The van der Waals surface area contributed by atoms with Crippen LogP contribution < -0.4 is 5.32 Å². The van der Waals surface area contributed by atoms with Crippen molar-refractivity contribution in [3.05, 3.63) is 54.2 Å². The van der Waals surface area contributed by atoms with E-state index < -0.39 is 0 Å². The van der Waals surface area contributed by atoms with E-state index in [9.17, 15) is 4.79 Å². The first kappa shape index (κ1) is 18.2. The molecule has 0 bridgehead atoms. The average Bonchev–Trinajstić information content (AvgIpc) is 3.16. The maximum atomic E-state index is 11.9. The average molecular weight is 369 g/mol. The molecule has 1 aromatic carbocycles. The van der Waals surface area contributed by atoms with Crippen molar-refractivity contribution in [2.75, 3.05) is 32.2 Å². The summed E-state index contributed by atoms with van der Waals surface area (Å²) < 4.78 is 10.1. The molecular weight excluding hydrogens is 350 g/mol. The first-order valence-electron chi connectivity index (χ1n) is 8.09. The quantitative estimate of drug-likeness (QED) is 0.616. The molecule has 0 aliphatic heterocycles. The van der Waals surface area contributed by atoms with Gasteiger partial charge in [-0.25, -0.2) is 4.98 Å². The number of pyridine rings is 1. The summed E-state index contributed by atoms with van der Waals surface area (Å²) in [6.07, 6.45) is 3.53. The van der Waals surface area contributed by atoms with Crippen molar-refractivity contribution in [3.63, 3.8) is 0 Å². The van der Waals surface area contributed by atoms with Gasteiger partial charge in [-0.2, -0.15) is 0 Å². The fourth-order valence-electron chi connectivity index (χ4n) is 2.29. The lowest BCUT2D eigenvalue weighted by Crippen LogP contribution is -2.19. The van der Waals surface area contributed by atoms with Gasteiger partial charge in [-0.1, -0.05) is 12.1 Å². The Hall–Kier alpha value is -2.61. The van der Waals surface area contributed by atoms with Crippen molar-refractivity contribution >= 4 is 22.9 Å². The molecule has 6 nitrogen and oxygen atoms in total. The second-order valence-electron chi connectivity index (χ2n) is 5.45. The fourth-order valence-corrected chi connectivity index (χ4v) is 3.11. The lowest BCUT2D eigenvalue weighted by molar-refractivity contribution is -0.121. The number of nitrogens with one attached hydrogen (secondary N) is 1. The Morgan fingerprint density at radius 1 is 1.19 bits per heavy atom. The zero-order chi connectivity index (χ0) is 18.2. The van der Waals surface area contributed by atoms with Crippen LogP contribution in [-0.2, 0) is 14.3 Å². The van der Waals surface area contributed by atoms with E-state index in [4.69, 9.17) is 9.47 Å². The number of aromatic nitrogens is 2. The minimum absolute atomic E-state index is 0.00452. The summed E-state index contributed by atoms with van der Waals surface area (Å²) in [6.45, 7) is 0.848. The first-order chi connectivity index (χ1) is 12.8. The smallest absolute Gasteiger partial charge is 0.250 e. The molecule has 0 fully saturated rings. The molecule has 0 radical (unpaired) electrons. The van der Waals surface area contributed by atoms with Gasteiger partial charge in [-0.05, 0) is 24.3 Å². The number of nitrogens with zero attached hydrogens (tertiary/aromatic N) is 2. The van der Waals surface area contributed by atoms with E-state index in [1.807, 2.05) is 41.8 Å². The molecule has 2 heterocycles. The summed E-state index contributed by atoms with van der Waals surface area (Å²) >= 11 is 1.56. The predicted octanol–water partition coefficient (Wildman–Crippen LogP) is 3.47. The lowest BCUT2D eigenvalue weighted by Gasteiger charge is -2.07. The van der Waals surface area contributed by atoms with Gasteiger partial charge in [-0.15, -0.1) is 11.3 Å². The van der Waals surface area contributed by atoms with Gasteiger partial charge in [-0.3, -0.25) is 9.78 Å². The first-order valence-corrected chi connectivity index (χ1v) is 8.97. The SMILES string of the molecule is COCCOCC(=O)Nc1cccc(-c2csc(-c3cccnc3)n2)c1. The molecule has 0 unspecified atom stereocenters. The van der Waals surface area contributed by atoms with Crippen LogP contribution in [0.2, 0.25) is 0 Å². The standard InChI is InChI=1S/C19H19N3O3S/c1-24-8-9-25-12-18(23)21-16-6-2-4-14(10-16)17-13-26-19(22-17)15-5-3-7-20-11-15/h2-7,10-11,13H,8-9,12H2,1H3,(H,21,23). The van der Waals surface area contributed by atoms with Crippen LogP contribution in [-0.4, -0.2) is 42.8 Å². The molecule has 0 saturated carbocycles. The highest BCUT2D eigenvalue weighted by atomic mass is 32.1. The molecule has 134 valence electrons. The molecule has 0 saturated heterocycles. The highest BCUT2D eigenvalue weighted by Gasteiger charge is 2.08. The largest absolute Gasteiger partial charge is 0.382 e. The molecule has 3 rings (SSSR count). The molecule has 0 spiro atoms. The maximum Gasteiger partial charge on any atom is 0.250 e. The second kappa shape index (κ2) is 9.19. The number of carbonyl (C=O) groups excluding carboxylic acids is 1. The monoisotopic (exact) mass is 369 g/mol. The van der Waals surface area contributed by atoms with Crippen LogP contribution in [0.3, 0.4) is 0 Å². The second-order valence-corrected chi connectivity index (χ2v) is 6.31. The summed E-state index contributed by atoms with van der Waals surface area (Å²) in [5.74, 6) is -0.201. The van der Waals surface area contributed by atoms with Crippen molar-refractivity contribution < 1.29 is 14.3 Å². The Bertz CT molecular complexity index is 852. The van der Waals surface area contributed by atoms with Gasteiger partial charge in [0.2, 0.25) is 5.91 Å². The third-order valence-electron chi connectivity index (χ3n) is 3.52. The molecule has 26 heavy (non-hydrogen) atoms. The Morgan fingerprint density at radius 3 is 2.88 bits per heavy atom. The molecule has 0 aliphatic rings. The third kappa shape index (κ3) is 4.95. The molecule has 0 atom stereocenters.